The maximum atomic E-state index is 13.3. The molecule has 0 unspecified atom stereocenters. The van der Waals surface area contributed by atoms with Crippen molar-refractivity contribution in [2.24, 2.45) is 0 Å². The largest absolute Gasteiger partial charge is 0.459 e. The van der Waals surface area contributed by atoms with Gasteiger partial charge in [0, 0.05) is 0 Å². The average Bonchev–Trinajstić information content (AvgIpc) is 2.93. The zero-order valence-electron chi connectivity index (χ0n) is 9.64. The molecule has 0 fully saturated rings. The monoisotopic (exact) mass is 279 g/mol. The summed E-state index contributed by atoms with van der Waals surface area (Å²) < 4.78 is 18.2. The average molecular weight is 279 g/mol. The summed E-state index contributed by atoms with van der Waals surface area (Å²) in [6.07, 6.45) is 1.38. The van der Waals surface area contributed by atoms with Gasteiger partial charge in [0.2, 0.25) is 0 Å². The van der Waals surface area contributed by atoms with Crippen LogP contribution in [0.25, 0.3) is 0 Å². The molecule has 3 N–H and O–H groups in total. The maximum Gasteiger partial charge on any atom is 0.305 e. The lowest BCUT2D eigenvalue weighted by Crippen LogP contribution is -2.43. The van der Waals surface area contributed by atoms with E-state index in [4.69, 9.17) is 16.6 Å². The van der Waals surface area contributed by atoms with Crippen LogP contribution < -0.4 is 16.2 Å². The molecule has 0 bridgehead atoms. The first kappa shape index (κ1) is 13.0. The molecule has 2 aromatic rings. The highest BCUT2D eigenvalue weighted by atomic mass is 32.1. The van der Waals surface area contributed by atoms with Gasteiger partial charge in [-0.15, -0.1) is 0 Å². The molecule has 0 aliphatic carbocycles. The van der Waals surface area contributed by atoms with Gasteiger partial charge in [0.25, 0.3) is 0 Å². The number of nitrogens with one attached hydrogen (secondary N) is 3. The van der Waals surface area contributed by atoms with Crippen molar-refractivity contribution in [1.29, 1.82) is 0 Å². The molecular weight excluding hydrogens is 269 g/mol. The number of carbonyl (C=O) groups is 1. The van der Waals surface area contributed by atoms with Gasteiger partial charge in [-0.25, -0.2) is 4.39 Å². The Hall–Kier alpha value is -2.41. The van der Waals surface area contributed by atoms with Gasteiger partial charge in [0.1, 0.15) is 5.82 Å². The van der Waals surface area contributed by atoms with Crippen LogP contribution in [0.5, 0.6) is 0 Å². The van der Waals surface area contributed by atoms with E-state index in [0.717, 1.165) is 0 Å². The first-order valence-electron chi connectivity index (χ1n) is 5.32. The van der Waals surface area contributed by atoms with E-state index >= 15 is 0 Å². The zero-order chi connectivity index (χ0) is 13.7. The molecule has 0 atom stereocenters. The van der Waals surface area contributed by atoms with Crippen molar-refractivity contribution in [3.05, 3.63) is 54.2 Å². The molecule has 98 valence electrons. The van der Waals surface area contributed by atoms with Crippen LogP contribution in [0.2, 0.25) is 0 Å². The van der Waals surface area contributed by atoms with Crippen LogP contribution in [0.3, 0.4) is 0 Å². The number of anilines is 1. The third-order valence-electron chi connectivity index (χ3n) is 2.16. The van der Waals surface area contributed by atoms with Crippen molar-refractivity contribution in [3.8, 4) is 0 Å². The van der Waals surface area contributed by atoms with Crippen LogP contribution in [0, 0.1) is 5.82 Å². The summed E-state index contributed by atoms with van der Waals surface area (Å²) in [7, 11) is 0. The number of hydrogen-bond acceptors (Lipinski definition) is 3. The van der Waals surface area contributed by atoms with Crippen LogP contribution in [0.4, 0.5) is 10.1 Å². The Morgan fingerprint density at radius 1 is 1.16 bits per heavy atom. The third-order valence-corrected chi connectivity index (χ3v) is 2.36. The summed E-state index contributed by atoms with van der Waals surface area (Å²) in [5, 5.41) is 2.67. The first-order valence-corrected chi connectivity index (χ1v) is 5.73. The van der Waals surface area contributed by atoms with Gasteiger partial charge in [0.15, 0.2) is 10.9 Å². The van der Waals surface area contributed by atoms with Crippen molar-refractivity contribution >= 4 is 28.9 Å². The minimum atomic E-state index is -0.484. The number of para-hydroxylation sites is 1. The van der Waals surface area contributed by atoms with Crippen molar-refractivity contribution in [3.63, 3.8) is 0 Å². The van der Waals surface area contributed by atoms with E-state index in [1.165, 1.54) is 24.5 Å². The van der Waals surface area contributed by atoms with E-state index in [1.807, 2.05) is 0 Å². The Bertz CT molecular complexity index is 586. The molecule has 0 aliphatic heterocycles. The molecule has 1 aromatic carbocycles. The Kier molecular flexibility index (Phi) is 4.09. The van der Waals surface area contributed by atoms with E-state index in [-0.39, 0.29) is 16.6 Å². The van der Waals surface area contributed by atoms with E-state index in [9.17, 15) is 9.18 Å². The fourth-order valence-corrected chi connectivity index (χ4v) is 1.46. The number of carbonyl (C=O) groups excluding carboxylic acids is 1. The van der Waals surface area contributed by atoms with Crippen molar-refractivity contribution in [2.75, 3.05) is 5.32 Å². The second-order valence-electron chi connectivity index (χ2n) is 3.49. The second-order valence-corrected chi connectivity index (χ2v) is 3.90. The van der Waals surface area contributed by atoms with Crippen molar-refractivity contribution < 1.29 is 13.6 Å². The quantitative estimate of drug-likeness (QED) is 0.580. The minimum absolute atomic E-state index is 0.0602. The third kappa shape index (κ3) is 3.52. The van der Waals surface area contributed by atoms with Gasteiger partial charge >= 0.3 is 5.91 Å². The zero-order valence-corrected chi connectivity index (χ0v) is 10.5. The normalized spacial score (nSPS) is 9.74. The molecule has 0 saturated carbocycles. The van der Waals surface area contributed by atoms with Crippen molar-refractivity contribution in [1.82, 2.24) is 10.9 Å². The predicted molar refractivity (Wildman–Crippen MR) is 71.9 cm³/mol. The number of amides is 1. The predicted octanol–water partition coefficient (Wildman–Crippen LogP) is 2.05. The van der Waals surface area contributed by atoms with Crippen LogP contribution in [-0.2, 0) is 0 Å². The van der Waals surface area contributed by atoms with E-state index in [2.05, 4.69) is 16.2 Å². The number of furan rings is 1. The molecular formula is C12H10FN3O2S. The summed E-state index contributed by atoms with van der Waals surface area (Å²) in [6, 6.07) is 9.14. The van der Waals surface area contributed by atoms with Crippen LogP contribution in [0.1, 0.15) is 10.6 Å². The van der Waals surface area contributed by atoms with Gasteiger partial charge in [0.05, 0.1) is 12.0 Å². The minimum Gasteiger partial charge on any atom is -0.459 e. The lowest BCUT2D eigenvalue weighted by atomic mass is 10.3. The summed E-state index contributed by atoms with van der Waals surface area (Å²) in [5.74, 6) is -0.784. The van der Waals surface area contributed by atoms with Gasteiger partial charge in [-0.1, -0.05) is 12.1 Å². The standard InChI is InChI=1S/C12H10FN3O2S/c13-8-4-1-2-5-9(8)14-12(19)16-15-11(17)10-6-3-7-18-10/h1-7H,(H,15,17)(H2,14,16,19). The Balaban J connectivity index is 1.86. The summed E-state index contributed by atoms with van der Waals surface area (Å²) in [6.45, 7) is 0. The first-order chi connectivity index (χ1) is 9.16. The van der Waals surface area contributed by atoms with Crippen LogP contribution in [0.15, 0.2) is 47.1 Å². The number of halogens is 1. The highest BCUT2D eigenvalue weighted by molar-refractivity contribution is 7.80. The molecule has 19 heavy (non-hydrogen) atoms. The van der Waals surface area contributed by atoms with Gasteiger partial charge in [-0.3, -0.25) is 15.6 Å². The molecule has 0 aliphatic rings. The number of benzene rings is 1. The molecule has 1 amide bonds. The number of hydrazine groups is 1. The smallest absolute Gasteiger partial charge is 0.305 e. The molecule has 7 heteroatoms. The summed E-state index contributed by atoms with van der Waals surface area (Å²) >= 11 is 4.91. The fraction of sp³-hybridized carbons (Fsp3) is 0. The van der Waals surface area contributed by atoms with Crippen molar-refractivity contribution in [2.45, 2.75) is 0 Å². The van der Waals surface area contributed by atoms with Crippen LogP contribution >= 0.6 is 12.2 Å². The van der Waals surface area contributed by atoms with E-state index in [1.54, 1.807) is 18.2 Å². The van der Waals surface area contributed by atoms with Gasteiger partial charge < -0.3 is 9.73 Å². The Morgan fingerprint density at radius 3 is 2.63 bits per heavy atom. The molecule has 1 heterocycles. The topological polar surface area (TPSA) is 66.3 Å². The maximum absolute atomic E-state index is 13.3. The Morgan fingerprint density at radius 2 is 1.95 bits per heavy atom. The van der Waals surface area contributed by atoms with E-state index < -0.39 is 11.7 Å². The molecule has 0 saturated heterocycles. The van der Waals surface area contributed by atoms with E-state index in [0.29, 0.717) is 0 Å². The number of hydrogen-bond donors (Lipinski definition) is 3. The molecule has 0 radical (unpaired) electrons. The highest BCUT2D eigenvalue weighted by Crippen LogP contribution is 2.11. The molecule has 5 nitrogen and oxygen atoms in total. The Labute approximate surface area is 113 Å². The van der Waals surface area contributed by atoms with Crippen LogP contribution in [-0.4, -0.2) is 11.0 Å². The molecule has 2 rings (SSSR count). The molecule has 0 spiro atoms. The van der Waals surface area contributed by atoms with Gasteiger partial charge in [-0.2, -0.15) is 0 Å². The lowest BCUT2D eigenvalue weighted by molar-refractivity contribution is 0.0916. The number of rotatable bonds is 2. The SMILES string of the molecule is O=C(NNC(=S)Nc1ccccc1F)c1ccco1. The highest BCUT2D eigenvalue weighted by Gasteiger charge is 2.08. The van der Waals surface area contributed by atoms with Gasteiger partial charge in [-0.05, 0) is 36.5 Å². The fourth-order valence-electron chi connectivity index (χ4n) is 1.30. The molecule has 1 aromatic heterocycles. The second kappa shape index (κ2) is 5.96. The number of thiocarbonyl (C=S) groups is 1. The summed E-state index contributed by atoms with van der Waals surface area (Å²) in [5.41, 5.74) is 4.97. The lowest BCUT2D eigenvalue weighted by Gasteiger charge is -2.11. The summed E-state index contributed by atoms with van der Waals surface area (Å²) in [4.78, 5) is 11.5.